The third-order valence-corrected chi connectivity index (χ3v) is 4.77. The zero-order valence-electron chi connectivity index (χ0n) is 8.14. The Labute approximate surface area is 93.7 Å². The normalized spacial score (nSPS) is 24.8. The van der Waals surface area contributed by atoms with Gasteiger partial charge in [0.05, 0.1) is 16.4 Å². The van der Waals surface area contributed by atoms with Crippen LogP contribution in [0.1, 0.15) is 6.92 Å². The number of rotatable bonds is 3. The van der Waals surface area contributed by atoms with Gasteiger partial charge in [0.25, 0.3) is 0 Å². The van der Waals surface area contributed by atoms with Gasteiger partial charge in [-0.05, 0) is 19.1 Å². The molecule has 1 aliphatic heterocycles. The highest BCUT2D eigenvalue weighted by atomic mass is 35.5. The summed E-state index contributed by atoms with van der Waals surface area (Å²) < 4.78 is 23.8. The highest BCUT2D eigenvalue weighted by Crippen LogP contribution is 2.35. The Morgan fingerprint density at radius 3 is 2.33 bits per heavy atom. The molecule has 1 unspecified atom stereocenters. The van der Waals surface area contributed by atoms with E-state index in [9.17, 15) is 8.42 Å². The molecular formula is C10H10ClNO2S. The van der Waals surface area contributed by atoms with E-state index in [4.69, 9.17) is 11.6 Å². The fourth-order valence-electron chi connectivity index (χ4n) is 1.34. The number of sulfone groups is 1. The van der Waals surface area contributed by atoms with Crippen LogP contribution in [0.25, 0.3) is 0 Å². The van der Waals surface area contributed by atoms with Gasteiger partial charge in [-0.15, -0.1) is 0 Å². The molecule has 1 heterocycles. The van der Waals surface area contributed by atoms with Crippen molar-refractivity contribution in [3.05, 3.63) is 30.3 Å². The maximum atomic E-state index is 11.9. The number of benzene rings is 1. The molecule has 1 aromatic carbocycles. The summed E-state index contributed by atoms with van der Waals surface area (Å²) in [6.45, 7) is 1.73. The van der Waals surface area contributed by atoms with Crippen LogP contribution in [0.5, 0.6) is 0 Å². The molecule has 0 saturated heterocycles. The van der Waals surface area contributed by atoms with Crippen LogP contribution in [0.2, 0.25) is 0 Å². The standard InChI is InChI=1S/C10H10ClNO2S/c1-8-10(11,12-8)7-15(13,14)9-5-3-2-4-6-9/h2-6H,7H2,1H3. The van der Waals surface area contributed by atoms with Crippen LogP contribution >= 0.6 is 11.6 Å². The molecule has 0 fully saturated rings. The second kappa shape index (κ2) is 3.32. The number of hydrogen-bond donors (Lipinski definition) is 0. The zero-order chi connectivity index (χ0) is 11.1. The SMILES string of the molecule is CC1=NC1(Cl)CS(=O)(=O)c1ccccc1. The van der Waals surface area contributed by atoms with Gasteiger partial charge in [-0.3, -0.25) is 4.99 Å². The Morgan fingerprint density at radius 2 is 1.87 bits per heavy atom. The van der Waals surface area contributed by atoms with Crippen molar-refractivity contribution in [2.24, 2.45) is 4.99 Å². The minimum absolute atomic E-state index is 0.155. The minimum atomic E-state index is -3.33. The Hall–Kier alpha value is -0.870. The smallest absolute Gasteiger partial charge is 0.185 e. The van der Waals surface area contributed by atoms with Gasteiger partial charge in [-0.1, -0.05) is 29.8 Å². The van der Waals surface area contributed by atoms with Gasteiger partial charge in [0.1, 0.15) is 0 Å². The van der Waals surface area contributed by atoms with Crippen LogP contribution in [0.15, 0.2) is 40.2 Å². The van der Waals surface area contributed by atoms with Crippen molar-refractivity contribution in [2.75, 3.05) is 5.75 Å². The van der Waals surface area contributed by atoms with Crippen LogP contribution in [-0.4, -0.2) is 24.9 Å². The third-order valence-electron chi connectivity index (χ3n) is 2.33. The van der Waals surface area contributed by atoms with Crippen molar-refractivity contribution in [3.8, 4) is 0 Å². The van der Waals surface area contributed by atoms with E-state index in [-0.39, 0.29) is 5.75 Å². The molecule has 5 heteroatoms. The van der Waals surface area contributed by atoms with E-state index < -0.39 is 14.8 Å². The molecule has 0 radical (unpaired) electrons. The molecule has 0 bridgehead atoms. The van der Waals surface area contributed by atoms with Gasteiger partial charge in [0, 0.05) is 0 Å². The number of aliphatic imine (C=N–C) groups is 1. The summed E-state index contributed by atoms with van der Waals surface area (Å²) in [4.78, 5) is 3.21. The summed E-state index contributed by atoms with van der Waals surface area (Å²) in [7, 11) is -3.33. The summed E-state index contributed by atoms with van der Waals surface area (Å²) in [5.41, 5.74) is 0.684. The fraction of sp³-hybridized carbons (Fsp3) is 0.300. The van der Waals surface area contributed by atoms with Crippen molar-refractivity contribution in [2.45, 2.75) is 16.8 Å². The maximum absolute atomic E-state index is 11.9. The van der Waals surface area contributed by atoms with Crippen molar-refractivity contribution in [1.82, 2.24) is 0 Å². The first-order chi connectivity index (χ1) is 6.94. The molecule has 0 saturated carbocycles. The summed E-state index contributed by atoms with van der Waals surface area (Å²) in [6.07, 6.45) is 0. The van der Waals surface area contributed by atoms with Gasteiger partial charge in [0.15, 0.2) is 14.8 Å². The van der Waals surface area contributed by atoms with Crippen LogP contribution < -0.4 is 0 Å². The number of alkyl halides is 1. The molecule has 0 N–H and O–H groups in total. The molecule has 1 aliphatic rings. The van der Waals surface area contributed by atoms with E-state index in [2.05, 4.69) is 4.99 Å². The van der Waals surface area contributed by atoms with Gasteiger partial charge in [-0.25, -0.2) is 8.42 Å². The minimum Gasteiger partial charge on any atom is -0.261 e. The van der Waals surface area contributed by atoms with Crippen molar-refractivity contribution >= 4 is 27.1 Å². The molecule has 2 rings (SSSR count). The van der Waals surface area contributed by atoms with Crippen molar-refractivity contribution < 1.29 is 8.42 Å². The largest absolute Gasteiger partial charge is 0.261 e. The lowest BCUT2D eigenvalue weighted by atomic mass is 10.4. The average molecular weight is 244 g/mol. The van der Waals surface area contributed by atoms with Crippen molar-refractivity contribution in [3.63, 3.8) is 0 Å². The number of hydrogen-bond acceptors (Lipinski definition) is 3. The molecule has 1 aromatic rings. The zero-order valence-corrected chi connectivity index (χ0v) is 9.72. The molecule has 1 atom stereocenters. The van der Waals surface area contributed by atoms with Crippen LogP contribution in [0.4, 0.5) is 0 Å². The summed E-state index contributed by atoms with van der Waals surface area (Å²) in [5, 5.41) is 0. The predicted octanol–water partition coefficient (Wildman–Crippen LogP) is 1.87. The quantitative estimate of drug-likeness (QED) is 0.601. The predicted molar refractivity (Wildman–Crippen MR) is 60.2 cm³/mol. The highest BCUT2D eigenvalue weighted by molar-refractivity contribution is 7.91. The lowest BCUT2D eigenvalue weighted by Gasteiger charge is -2.07. The van der Waals surface area contributed by atoms with Crippen molar-refractivity contribution in [1.29, 1.82) is 0 Å². The molecule has 80 valence electrons. The first kappa shape index (κ1) is 10.6. The molecule has 0 aromatic heterocycles. The van der Waals surface area contributed by atoms with E-state index in [1.807, 2.05) is 0 Å². The first-order valence-electron chi connectivity index (χ1n) is 4.48. The van der Waals surface area contributed by atoms with Crippen LogP contribution in [-0.2, 0) is 9.84 Å². The van der Waals surface area contributed by atoms with E-state index in [0.717, 1.165) is 0 Å². The Morgan fingerprint density at radius 1 is 1.33 bits per heavy atom. The second-order valence-electron chi connectivity index (χ2n) is 3.53. The molecule has 0 aliphatic carbocycles. The Bertz CT molecular complexity index is 509. The molecule has 3 nitrogen and oxygen atoms in total. The number of halogens is 1. The lowest BCUT2D eigenvalue weighted by Crippen LogP contribution is -2.22. The topological polar surface area (TPSA) is 46.5 Å². The molecule has 0 spiro atoms. The molecule has 0 amide bonds. The van der Waals surface area contributed by atoms with Gasteiger partial charge >= 0.3 is 0 Å². The first-order valence-corrected chi connectivity index (χ1v) is 6.51. The maximum Gasteiger partial charge on any atom is 0.185 e. The summed E-state index contributed by atoms with van der Waals surface area (Å²) in [6, 6.07) is 8.28. The summed E-state index contributed by atoms with van der Waals surface area (Å²) >= 11 is 5.95. The van der Waals surface area contributed by atoms with E-state index in [1.165, 1.54) is 0 Å². The molecule has 15 heavy (non-hydrogen) atoms. The van der Waals surface area contributed by atoms with E-state index in [0.29, 0.717) is 10.6 Å². The van der Waals surface area contributed by atoms with E-state index >= 15 is 0 Å². The van der Waals surface area contributed by atoms with Gasteiger partial charge < -0.3 is 0 Å². The summed E-state index contributed by atoms with van der Waals surface area (Å²) in [5.74, 6) is -0.155. The lowest BCUT2D eigenvalue weighted by molar-refractivity contribution is 0.594. The highest BCUT2D eigenvalue weighted by Gasteiger charge is 2.46. The van der Waals surface area contributed by atoms with E-state index in [1.54, 1.807) is 37.3 Å². The monoisotopic (exact) mass is 243 g/mol. The Kier molecular flexibility index (Phi) is 2.35. The van der Waals surface area contributed by atoms with Crippen LogP contribution in [0.3, 0.4) is 0 Å². The second-order valence-corrected chi connectivity index (χ2v) is 6.14. The average Bonchev–Trinajstić information content (AvgIpc) is 2.74. The Balaban J connectivity index is 2.23. The third kappa shape index (κ3) is 2.06. The van der Waals surface area contributed by atoms with Gasteiger partial charge in [-0.2, -0.15) is 0 Å². The van der Waals surface area contributed by atoms with Gasteiger partial charge in [0.2, 0.25) is 0 Å². The number of nitrogens with zero attached hydrogens (tertiary/aromatic N) is 1. The van der Waals surface area contributed by atoms with Crippen LogP contribution in [0, 0.1) is 0 Å². The fourth-order valence-corrected chi connectivity index (χ4v) is 3.41. The molecular weight excluding hydrogens is 234 g/mol.